The molecule has 0 atom stereocenters. The normalized spacial score (nSPS) is 10.7. The monoisotopic (exact) mass is 250 g/mol. The van der Waals surface area contributed by atoms with Gasteiger partial charge in [0.15, 0.2) is 0 Å². The molecule has 0 radical (unpaired) electrons. The molecule has 0 bridgehead atoms. The molecule has 2 N–H and O–H groups in total. The molecule has 0 fully saturated rings. The summed E-state index contributed by atoms with van der Waals surface area (Å²) in [6.45, 7) is 7.55. The Morgan fingerprint density at radius 1 is 1.28 bits per heavy atom. The van der Waals surface area contributed by atoms with E-state index >= 15 is 0 Å². The van der Waals surface area contributed by atoms with Crippen LogP contribution in [0.25, 0.3) is 0 Å². The molecule has 0 aliphatic rings. The van der Waals surface area contributed by atoms with Crippen LogP contribution in [-0.4, -0.2) is 31.7 Å². The predicted molar refractivity (Wildman–Crippen MR) is 73.8 cm³/mol. The molecule has 18 heavy (non-hydrogen) atoms. The third kappa shape index (κ3) is 6.37. The SMILES string of the molecule is Cc1ccc(NC(=O)COCCNC(C)C)cc1. The summed E-state index contributed by atoms with van der Waals surface area (Å²) in [6, 6.07) is 8.13. The van der Waals surface area contributed by atoms with E-state index < -0.39 is 0 Å². The van der Waals surface area contributed by atoms with Gasteiger partial charge in [-0.15, -0.1) is 0 Å². The molecule has 0 saturated heterocycles. The van der Waals surface area contributed by atoms with Gasteiger partial charge in [0, 0.05) is 18.3 Å². The number of carbonyl (C=O) groups excluding carboxylic acids is 1. The fourth-order valence-electron chi connectivity index (χ4n) is 1.42. The molecule has 0 saturated carbocycles. The largest absolute Gasteiger partial charge is 0.370 e. The van der Waals surface area contributed by atoms with Crippen molar-refractivity contribution in [2.24, 2.45) is 0 Å². The Morgan fingerprint density at radius 2 is 1.94 bits per heavy atom. The van der Waals surface area contributed by atoms with E-state index in [1.165, 1.54) is 5.56 Å². The summed E-state index contributed by atoms with van der Waals surface area (Å²) >= 11 is 0. The number of rotatable bonds is 7. The van der Waals surface area contributed by atoms with E-state index in [0.717, 1.165) is 12.2 Å². The Labute approximate surface area is 109 Å². The van der Waals surface area contributed by atoms with Gasteiger partial charge in [-0.25, -0.2) is 0 Å². The van der Waals surface area contributed by atoms with Crippen molar-refractivity contribution in [2.45, 2.75) is 26.8 Å². The Bertz CT molecular complexity index is 361. The van der Waals surface area contributed by atoms with Crippen LogP contribution < -0.4 is 10.6 Å². The molecule has 0 unspecified atom stereocenters. The first kappa shape index (κ1) is 14.7. The second kappa shape index (κ2) is 7.84. The van der Waals surface area contributed by atoms with Gasteiger partial charge in [-0.1, -0.05) is 31.5 Å². The van der Waals surface area contributed by atoms with Crippen molar-refractivity contribution in [2.75, 3.05) is 25.1 Å². The quantitative estimate of drug-likeness (QED) is 0.727. The Morgan fingerprint density at radius 3 is 2.56 bits per heavy atom. The predicted octanol–water partition coefficient (Wildman–Crippen LogP) is 1.95. The summed E-state index contributed by atoms with van der Waals surface area (Å²) in [5, 5.41) is 6.00. The second-order valence-corrected chi connectivity index (χ2v) is 4.58. The molecule has 1 aromatic rings. The van der Waals surface area contributed by atoms with Crippen LogP contribution in [0.5, 0.6) is 0 Å². The Kier molecular flexibility index (Phi) is 6.39. The first-order valence-corrected chi connectivity index (χ1v) is 6.25. The maximum Gasteiger partial charge on any atom is 0.250 e. The number of anilines is 1. The topological polar surface area (TPSA) is 50.4 Å². The molecule has 4 nitrogen and oxygen atoms in total. The van der Waals surface area contributed by atoms with Crippen LogP contribution in [0.4, 0.5) is 5.69 Å². The number of hydrogen-bond acceptors (Lipinski definition) is 3. The molecule has 0 heterocycles. The van der Waals surface area contributed by atoms with Gasteiger partial charge in [0.05, 0.1) is 6.61 Å². The highest BCUT2D eigenvalue weighted by Gasteiger charge is 2.02. The van der Waals surface area contributed by atoms with Crippen molar-refractivity contribution in [3.63, 3.8) is 0 Å². The Balaban J connectivity index is 2.16. The van der Waals surface area contributed by atoms with Gasteiger partial charge in [0.25, 0.3) is 0 Å². The van der Waals surface area contributed by atoms with E-state index in [-0.39, 0.29) is 12.5 Å². The average molecular weight is 250 g/mol. The highest BCUT2D eigenvalue weighted by Crippen LogP contribution is 2.08. The van der Waals surface area contributed by atoms with Crippen LogP contribution in [0, 0.1) is 6.92 Å². The van der Waals surface area contributed by atoms with Crippen LogP contribution >= 0.6 is 0 Å². The van der Waals surface area contributed by atoms with Crippen molar-refractivity contribution in [1.82, 2.24) is 5.32 Å². The molecule has 1 rings (SSSR count). The van der Waals surface area contributed by atoms with Gasteiger partial charge in [0.1, 0.15) is 6.61 Å². The Hall–Kier alpha value is -1.39. The van der Waals surface area contributed by atoms with Gasteiger partial charge in [0.2, 0.25) is 5.91 Å². The third-order valence-electron chi connectivity index (χ3n) is 2.37. The van der Waals surface area contributed by atoms with Crippen molar-refractivity contribution in [3.05, 3.63) is 29.8 Å². The van der Waals surface area contributed by atoms with Gasteiger partial charge >= 0.3 is 0 Å². The van der Waals surface area contributed by atoms with E-state index in [4.69, 9.17) is 4.74 Å². The van der Waals surface area contributed by atoms with E-state index in [2.05, 4.69) is 24.5 Å². The van der Waals surface area contributed by atoms with Gasteiger partial charge in [-0.3, -0.25) is 4.79 Å². The molecule has 1 amide bonds. The van der Waals surface area contributed by atoms with E-state index in [0.29, 0.717) is 12.6 Å². The summed E-state index contributed by atoms with van der Waals surface area (Å²) in [6.07, 6.45) is 0. The molecule has 0 aromatic heterocycles. The number of benzene rings is 1. The second-order valence-electron chi connectivity index (χ2n) is 4.58. The minimum Gasteiger partial charge on any atom is -0.370 e. The molecule has 0 spiro atoms. The summed E-state index contributed by atoms with van der Waals surface area (Å²) in [4.78, 5) is 11.5. The van der Waals surface area contributed by atoms with Crippen molar-refractivity contribution < 1.29 is 9.53 Å². The lowest BCUT2D eigenvalue weighted by Gasteiger charge is -2.09. The number of ether oxygens (including phenoxy) is 1. The average Bonchev–Trinajstić information content (AvgIpc) is 2.31. The molecule has 0 aliphatic carbocycles. The molecule has 0 aliphatic heterocycles. The zero-order valence-electron chi connectivity index (χ0n) is 11.3. The number of aryl methyl sites for hydroxylation is 1. The maximum atomic E-state index is 11.5. The van der Waals surface area contributed by atoms with Crippen molar-refractivity contribution >= 4 is 11.6 Å². The lowest BCUT2D eigenvalue weighted by Crippen LogP contribution is -2.28. The van der Waals surface area contributed by atoms with E-state index in [1.54, 1.807) is 0 Å². The minimum absolute atomic E-state index is 0.0909. The highest BCUT2D eigenvalue weighted by molar-refractivity contribution is 5.91. The maximum absolute atomic E-state index is 11.5. The zero-order valence-corrected chi connectivity index (χ0v) is 11.3. The lowest BCUT2D eigenvalue weighted by molar-refractivity contribution is -0.120. The van der Waals surface area contributed by atoms with Crippen molar-refractivity contribution in [1.29, 1.82) is 0 Å². The van der Waals surface area contributed by atoms with Crippen LogP contribution in [0.1, 0.15) is 19.4 Å². The lowest BCUT2D eigenvalue weighted by atomic mass is 10.2. The van der Waals surface area contributed by atoms with Crippen LogP contribution in [0.3, 0.4) is 0 Å². The van der Waals surface area contributed by atoms with E-state index in [1.807, 2.05) is 31.2 Å². The van der Waals surface area contributed by atoms with Crippen LogP contribution in [0.15, 0.2) is 24.3 Å². The standard InChI is InChI=1S/C14H22N2O2/c1-11(2)15-8-9-18-10-14(17)16-13-6-4-12(3)5-7-13/h4-7,11,15H,8-10H2,1-3H3,(H,16,17). The summed E-state index contributed by atoms with van der Waals surface area (Å²) < 4.78 is 5.27. The van der Waals surface area contributed by atoms with E-state index in [9.17, 15) is 4.79 Å². The first-order valence-electron chi connectivity index (χ1n) is 6.25. The first-order chi connectivity index (χ1) is 8.58. The number of amides is 1. The fourth-order valence-corrected chi connectivity index (χ4v) is 1.42. The fraction of sp³-hybridized carbons (Fsp3) is 0.500. The number of carbonyl (C=O) groups is 1. The zero-order chi connectivity index (χ0) is 13.4. The molecule has 4 heteroatoms. The number of nitrogens with one attached hydrogen (secondary N) is 2. The minimum atomic E-state index is -0.122. The molecule has 1 aromatic carbocycles. The highest BCUT2D eigenvalue weighted by atomic mass is 16.5. The molecular formula is C14H22N2O2. The summed E-state index contributed by atoms with van der Waals surface area (Å²) in [5.74, 6) is -0.122. The van der Waals surface area contributed by atoms with Crippen LogP contribution in [0.2, 0.25) is 0 Å². The van der Waals surface area contributed by atoms with Gasteiger partial charge in [-0.05, 0) is 19.1 Å². The summed E-state index contributed by atoms with van der Waals surface area (Å²) in [7, 11) is 0. The molecular weight excluding hydrogens is 228 g/mol. The number of hydrogen-bond donors (Lipinski definition) is 2. The third-order valence-corrected chi connectivity index (χ3v) is 2.37. The van der Waals surface area contributed by atoms with Gasteiger partial charge in [-0.2, -0.15) is 0 Å². The van der Waals surface area contributed by atoms with Gasteiger partial charge < -0.3 is 15.4 Å². The summed E-state index contributed by atoms with van der Waals surface area (Å²) in [5.41, 5.74) is 1.97. The van der Waals surface area contributed by atoms with Crippen molar-refractivity contribution in [3.8, 4) is 0 Å². The van der Waals surface area contributed by atoms with Crippen LogP contribution in [-0.2, 0) is 9.53 Å². The smallest absolute Gasteiger partial charge is 0.250 e. The molecule has 100 valence electrons.